The Morgan fingerprint density at radius 3 is 2.70 bits per heavy atom. The van der Waals surface area contributed by atoms with E-state index in [4.69, 9.17) is 4.74 Å². The zero-order chi connectivity index (χ0) is 16.8. The molecule has 1 aliphatic rings. The fourth-order valence-corrected chi connectivity index (χ4v) is 2.20. The molecule has 3 nitrogen and oxygen atoms in total. The molecule has 0 atom stereocenters. The van der Waals surface area contributed by atoms with Crippen molar-refractivity contribution in [1.29, 1.82) is 0 Å². The number of nitrogens with zero attached hydrogens (tertiary/aromatic N) is 1. The number of hydrogen-bond acceptors (Lipinski definition) is 3. The summed E-state index contributed by atoms with van der Waals surface area (Å²) in [5.41, 5.74) is 5.24. The van der Waals surface area contributed by atoms with Gasteiger partial charge in [0.25, 0.3) is 0 Å². The van der Waals surface area contributed by atoms with Gasteiger partial charge in [0.2, 0.25) is 0 Å². The van der Waals surface area contributed by atoms with E-state index in [0.29, 0.717) is 6.10 Å². The van der Waals surface area contributed by atoms with Gasteiger partial charge < -0.3 is 10.1 Å². The van der Waals surface area contributed by atoms with Crippen LogP contribution < -0.4 is 10.1 Å². The predicted molar refractivity (Wildman–Crippen MR) is 99.3 cm³/mol. The quantitative estimate of drug-likeness (QED) is 0.684. The van der Waals surface area contributed by atoms with Crippen LogP contribution in [0.4, 0.5) is 5.69 Å². The molecule has 0 aliphatic heterocycles. The Balaban J connectivity index is 2.27. The fraction of sp³-hybridized carbons (Fsp3) is 0.350. The number of allylic oxidation sites excluding steroid dienone is 4. The van der Waals surface area contributed by atoms with Gasteiger partial charge in [-0.2, -0.15) is 0 Å². The SMILES string of the molecule is C=C/N=C(/C=C\C)C(\C)=C(/C)Nc1ccc(C)cc1OC1CC1. The predicted octanol–water partition coefficient (Wildman–Crippen LogP) is 5.40. The summed E-state index contributed by atoms with van der Waals surface area (Å²) in [4.78, 5) is 4.34. The molecule has 0 amide bonds. The Kier molecular flexibility index (Phi) is 5.80. The summed E-state index contributed by atoms with van der Waals surface area (Å²) >= 11 is 0. The Morgan fingerprint density at radius 2 is 2.09 bits per heavy atom. The van der Waals surface area contributed by atoms with Gasteiger partial charge in [0.1, 0.15) is 5.75 Å². The van der Waals surface area contributed by atoms with Crippen molar-refractivity contribution in [2.75, 3.05) is 5.32 Å². The third-order valence-electron chi connectivity index (χ3n) is 3.78. The first kappa shape index (κ1) is 17.1. The van der Waals surface area contributed by atoms with E-state index in [1.807, 2.05) is 19.1 Å². The highest BCUT2D eigenvalue weighted by Crippen LogP contribution is 2.33. The summed E-state index contributed by atoms with van der Waals surface area (Å²) in [6, 6.07) is 6.26. The average molecular weight is 310 g/mol. The van der Waals surface area contributed by atoms with Gasteiger partial charge in [0.05, 0.1) is 17.5 Å². The number of hydrogen-bond donors (Lipinski definition) is 1. The molecule has 23 heavy (non-hydrogen) atoms. The van der Waals surface area contributed by atoms with Gasteiger partial charge >= 0.3 is 0 Å². The molecule has 0 heterocycles. The second-order valence-electron chi connectivity index (χ2n) is 5.89. The van der Waals surface area contributed by atoms with Crippen LogP contribution in [0.3, 0.4) is 0 Å². The van der Waals surface area contributed by atoms with Crippen LogP contribution in [0.15, 0.2) is 59.4 Å². The molecule has 0 bridgehead atoms. The summed E-state index contributed by atoms with van der Waals surface area (Å²) in [5, 5.41) is 3.47. The van der Waals surface area contributed by atoms with Gasteiger partial charge in [0, 0.05) is 11.9 Å². The molecule has 0 radical (unpaired) electrons. The standard InChI is InChI=1S/C20H26N2O/c1-6-8-18(21-7-2)15(4)16(5)22-19-12-9-14(3)13-20(19)23-17-10-11-17/h6-9,12-13,17,22H,2,10-11H2,1,3-5H3/b8-6-,16-15+,21-18-. The first-order chi connectivity index (χ1) is 11.0. The van der Waals surface area contributed by atoms with Crippen LogP contribution in [-0.4, -0.2) is 11.8 Å². The highest BCUT2D eigenvalue weighted by atomic mass is 16.5. The van der Waals surface area contributed by atoms with E-state index in [1.54, 1.807) is 6.20 Å². The molecule has 1 aromatic carbocycles. The minimum Gasteiger partial charge on any atom is -0.488 e. The van der Waals surface area contributed by atoms with E-state index in [0.717, 1.165) is 41.3 Å². The Morgan fingerprint density at radius 1 is 1.35 bits per heavy atom. The number of benzene rings is 1. The first-order valence-electron chi connectivity index (χ1n) is 8.08. The van der Waals surface area contributed by atoms with Crippen molar-refractivity contribution >= 4 is 11.4 Å². The van der Waals surface area contributed by atoms with E-state index in [2.05, 4.69) is 55.9 Å². The van der Waals surface area contributed by atoms with Gasteiger partial charge in [-0.15, -0.1) is 0 Å². The lowest BCUT2D eigenvalue weighted by Crippen LogP contribution is -2.07. The molecule has 1 aliphatic carbocycles. The monoisotopic (exact) mass is 310 g/mol. The van der Waals surface area contributed by atoms with Crippen molar-refractivity contribution in [2.24, 2.45) is 4.99 Å². The maximum atomic E-state index is 6.03. The zero-order valence-electron chi connectivity index (χ0n) is 14.5. The molecule has 0 saturated heterocycles. The van der Waals surface area contributed by atoms with Crippen LogP contribution in [0.25, 0.3) is 0 Å². The molecule has 2 rings (SSSR count). The lowest BCUT2D eigenvalue weighted by Gasteiger charge is -2.16. The lowest BCUT2D eigenvalue weighted by atomic mass is 10.1. The number of aryl methyl sites for hydroxylation is 1. The summed E-state index contributed by atoms with van der Waals surface area (Å²) in [7, 11) is 0. The third-order valence-corrected chi connectivity index (χ3v) is 3.78. The van der Waals surface area contributed by atoms with Crippen molar-refractivity contribution < 1.29 is 4.74 Å². The summed E-state index contributed by atoms with van der Waals surface area (Å²) in [5.74, 6) is 0.924. The smallest absolute Gasteiger partial charge is 0.143 e. The van der Waals surface area contributed by atoms with Crippen LogP contribution in [0.1, 0.15) is 39.2 Å². The van der Waals surface area contributed by atoms with Gasteiger partial charge in [-0.25, -0.2) is 0 Å². The maximum Gasteiger partial charge on any atom is 0.143 e. The second-order valence-corrected chi connectivity index (χ2v) is 5.89. The van der Waals surface area contributed by atoms with Crippen LogP contribution in [-0.2, 0) is 0 Å². The van der Waals surface area contributed by atoms with Gasteiger partial charge in [0.15, 0.2) is 0 Å². The molecule has 122 valence electrons. The van der Waals surface area contributed by atoms with Gasteiger partial charge in [-0.3, -0.25) is 4.99 Å². The molecular formula is C20H26N2O. The normalized spacial score (nSPS) is 16.3. The highest BCUT2D eigenvalue weighted by molar-refractivity contribution is 6.09. The van der Waals surface area contributed by atoms with E-state index >= 15 is 0 Å². The van der Waals surface area contributed by atoms with Gasteiger partial charge in [-0.1, -0.05) is 18.7 Å². The van der Waals surface area contributed by atoms with Gasteiger partial charge in [-0.05, 0) is 69.9 Å². The van der Waals surface area contributed by atoms with Crippen LogP contribution in [0.5, 0.6) is 5.75 Å². The van der Waals surface area contributed by atoms with Crippen molar-refractivity contribution in [1.82, 2.24) is 0 Å². The highest BCUT2D eigenvalue weighted by Gasteiger charge is 2.24. The average Bonchev–Trinajstić information content (AvgIpc) is 3.33. The van der Waals surface area contributed by atoms with Crippen LogP contribution >= 0.6 is 0 Å². The number of anilines is 1. The molecule has 1 fully saturated rings. The zero-order valence-corrected chi connectivity index (χ0v) is 14.5. The van der Waals surface area contributed by atoms with E-state index in [1.165, 1.54) is 5.56 Å². The maximum absolute atomic E-state index is 6.03. The Bertz CT molecular complexity index is 664. The van der Waals surface area contributed by atoms with Crippen LogP contribution in [0, 0.1) is 6.92 Å². The topological polar surface area (TPSA) is 33.6 Å². The van der Waals surface area contributed by atoms with E-state index < -0.39 is 0 Å². The summed E-state index contributed by atoms with van der Waals surface area (Å²) < 4.78 is 6.03. The number of nitrogens with one attached hydrogen (secondary N) is 1. The summed E-state index contributed by atoms with van der Waals surface area (Å²) in [6.07, 6.45) is 8.21. The Hall–Kier alpha value is -2.29. The lowest BCUT2D eigenvalue weighted by molar-refractivity contribution is 0.304. The van der Waals surface area contributed by atoms with Crippen molar-refractivity contribution in [3.8, 4) is 5.75 Å². The molecule has 1 N–H and O–H groups in total. The van der Waals surface area contributed by atoms with Crippen molar-refractivity contribution in [3.63, 3.8) is 0 Å². The van der Waals surface area contributed by atoms with Crippen molar-refractivity contribution in [3.05, 3.63) is 60.0 Å². The fourth-order valence-electron chi connectivity index (χ4n) is 2.20. The first-order valence-corrected chi connectivity index (χ1v) is 8.08. The molecule has 3 heteroatoms. The number of rotatable bonds is 7. The van der Waals surface area contributed by atoms with E-state index in [9.17, 15) is 0 Å². The van der Waals surface area contributed by atoms with E-state index in [-0.39, 0.29) is 0 Å². The molecule has 1 saturated carbocycles. The molecule has 0 unspecified atom stereocenters. The molecule has 0 spiro atoms. The molecular weight excluding hydrogens is 284 g/mol. The molecule has 0 aromatic heterocycles. The number of ether oxygens (including phenoxy) is 1. The largest absolute Gasteiger partial charge is 0.488 e. The number of aliphatic imine (C=N–C) groups is 1. The second kappa shape index (κ2) is 7.82. The van der Waals surface area contributed by atoms with Crippen molar-refractivity contribution in [2.45, 2.75) is 46.6 Å². The minimum atomic E-state index is 0.378. The minimum absolute atomic E-state index is 0.378. The van der Waals surface area contributed by atoms with Crippen LogP contribution in [0.2, 0.25) is 0 Å². The summed E-state index contributed by atoms with van der Waals surface area (Å²) in [6.45, 7) is 11.9. The third kappa shape index (κ3) is 4.85. The Labute approximate surface area is 139 Å². The molecule has 1 aromatic rings.